The van der Waals surface area contributed by atoms with E-state index in [-0.39, 0.29) is 11.7 Å². The first-order valence-electron chi connectivity index (χ1n) is 9.10. The molecule has 6 heteroatoms. The van der Waals surface area contributed by atoms with Gasteiger partial charge in [0, 0.05) is 17.1 Å². The van der Waals surface area contributed by atoms with Crippen LogP contribution in [0.25, 0.3) is 0 Å². The summed E-state index contributed by atoms with van der Waals surface area (Å²) in [5, 5.41) is 3.91. The highest BCUT2D eigenvalue weighted by Gasteiger charge is 2.29. The van der Waals surface area contributed by atoms with Gasteiger partial charge in [-0.2, -0.15) is 0 Å². The number of aromatic nitrogens is 2. The molecule has 0 fully saturated rings. The Balaban J connectivity index is 1.63. The van der Waals surface area contributed by atoms with Crippen LogP contribution in [0.15, 0.2) is 48.5 Å². The van der Waals surface area contributed by atoms with Gasteiger partial charge < -0.3 is 10.1 Å². The van der Waals surface area contributed by atoms with Crippen molar-refractivity contribution >= 4 is 29.0 Å². The highest BCUT2D eigenvalue weighted by Crippen LogP contribution is 2.34. The number of hydrogen-bond acceptors (Lipinski definition) is 5. The van der Waals surface area contributed by atoms with Crippen LogP contribution in [-0.2, 0) is 6.42 Å². The highest BCUT2D eigenvalue weighted by atomic mass is 35.5. The summed E-state index contributed by atoms with van der Waals surface area (Å²) in [7, 11) is 1.63. The van der Waals surface area contributed by atoms with Gasteiger partial charge in [0.2, 0.25) is 5.95 Å². The number of nitrogens with zero attached hydrogens (tertiary/aromatic N) is 2. The summed E-state index contributed by atoms with van der Waals surface area (Å²) in [6, 6.07) is 15.2. The van der Waals surface area contributed by atoms with Crippen LogP contribution >= 0.6 is 11.6 Å². The zero-order chi connectivity index (χ0) is 19.7. The number of Topliss-reactive ketones (excluding diaryl/α,β-unsaturated/α-hetero) is 1. The summed E-state index contributed by atoms with van der Waals surface area (Å²) in [5.74, 6) is 1.46. The van der Waals surface area contributed by atoms with Crippen molar-refractivity contribution in [3.63, 3.8) is 0 Å². The van der Waals surface area contributed by atoms with Gasteiger partial charge in [0.05, 0.1) is 24.1 Å². The molecule has 1 atom stereocenters. The number of nitrogens with one attached hydrogen (secondary N) is 1. The minimum Gasteiger partial charge on any atom is -0.497 e. The molecule has 28 heavy (non-hydrogen) atoms. The Labute approximate surface area is 168 Å². The van der Waals surface area contributed by atoms with E-state index in [0.29, 0.717) is 35.1 Å². The van der Waals surface area contributed by atoms with Gasteiger partial charge in [-0.1, -0.05) is 23.7 Å². The van der Waals surface area contributed by atoms with Crippen LogP contribution in [0.3, 0.4) is 0 Å². The zero-order valence-corrected chi connectivity index (χ0v) is 16.5. The maximum absolute atomic E-state index is 12.8. The minimum atomic E-state index is 0.0923. The number of hydrogen-bond donors (Lipinski definition) is 1. The second-order valence-corrected chi connectivity index (χ2v) is 7.32. The normalized spacial score (nSPS) is 15.8. The fraction of sp³-hybridized carbons (Fsp3) is 0.227. The van der Waals surface area contributed by atoms with E-state index in [1.165, 1.54) is 0 Å². The molecule has 2 aromatic carbocycles. The van der Waals surface area contributed by atoms with Crippen molar-refractivity contribution < 1.29 is 9.53 Å². The second kappa shape index (κ2) is 7.60. The maximum Gasteiger partial charge on any atom is 0.227 e. The van der Waals surface area contributed by atoms with Crippen molar-refractivity contribution in [3.8, 4) is 5.75 Å². The van der Waals surface area contributed by atoms with Crippen molar-refractivity contribution in [3.05, 3.63) is 76.1 Å². The Morgan fingerprint density at radius 2 is 1.75 bits per heavy atom. The van der Waals surface area contributed by atoms with Crippen LogP contribution in [0.2, 0.25) is 5.02 Å². The van der Waals surface area contributed by atoms with Crippen LogP contribution in [0.1, 0.15) is 39.6 Å². The zero-order valence-electron chi connectivity index (χ0n) is 15.7. The van der Waals surface area contributed by atoms with Crippen LogP contribution < -0.4 is 10.1 Å². The van der Waals surface area contributed by atoms with Crippen LogP contribution in [-0.4, -0.2) is 22.9 Å². The molecule has 5 nitrogen and oxygen atoms in total. The van der Waals surface area contributed by atoms with E-state index in [2.05, 4.69) is 15.3 Å². The molecule has 3 aromatic rings. The van der Waals surface area contributed by atoms with Crippen molar-refractivity contribution in [2.45, 2.75) is 25.7 Å². The van der Waals surface area contributed by atoms with Gasteiger partial charge in [-0.3, -0.25) is 4.79 Å². The van der Waals surface area contributed by atoms with E-state index >= 15 is 0 Å². The van der Waals surface area contributed by atoms with E-state index in [1.54, 1.807) is 7.11 Å². The third kappa shape index (κ3) is 3.71. The molecule has 1 N–H and O–H groups in total. The molecule has 4 rings (SSSR count). The number of rotatable bonds is 4. The first-order chi connectivity index (χ1) is 13.5. The molecule has 1 unspecified atom stereocenters. The molecule has 0 radical (unpaired) electrons. The molecule has 0 amide bonds. The molecule has 1 aromatic heterocycles. The third-order valence-electron chi connectivity index (χ3n) is 5.00. The predicted octanol–water partition coefficient (Wildman–Crippen LogP) is 5.10. The van der Waals surface area contributed by atoms with Crippen molar-refractivity contribution in [2.75, 3.05) is 12.4 Å². The van der Waals surface area contributed by atoms with Crippen molar-refractivity contribution in [1.29, 1.82) is 0 Å². The maximum atomic E-state index is 12.8. The smallest absolute Gasteiger partial charge is 0.227 e. The molecule has 0 saturated carbocycles. The number of benzene rings is 2. The Kier molecular flexibility index (Phi) is 5.01. The average Bonchev–Trinajstić information content (AvgIpc) is 2.68. The molecular weight excluding hydrogens is 374 g/mol. The number of ketones is 1. The number of halogens is 1. The lowest BCUT2D eigenvalue weighted by atomic mass is 9.81. The lowest BCUT2D eigenvalue weighted by Crippen LogP contribution is -2.22. The van der Waals surface area contributed by atoms with Crippen molar-refractivity contribution in [1.82, 2.24) is 9.97 Å². The Hall–Kier alpha value is -2.92. The number of methoxy groups -OCH3 is 1. The number of fused-ring (bicyclic) bond motifs is 1. The van der Waals surface area contributed by atoms with Crippen LogP contribution in [0.5, 0.6) is 5.75 Å². The van der Waals surface area contributed by atoms with Gasteiger partial charge in [-0.05, 0) is 61.2 Å². The van der Waals surface area contributed by atoms with E-state index < -0.39 is 0 Å². The molecule has 0 spiro atoms. The number of ether oxygens (including phenoxy) is 1. The molecule has 0 aliphatic heterocycles. The quantitative estimate of drug-likeness (QED) is 0.667. The Bertz CT molecular complexity index is 1020. The van der Waals surface area contributed by atoms with Gasteiger partial charge >= 0.3 is 0 Å². The Morgan fingerprint density at radius 1 is 1.04 bits per heavy atom. The number of anilines is 2. The monoisotopic (exact) mass is 393 g/mol. The van der Waals surface area contributed by atoms with E-state index in [9.17, 15) is 4.79 Å². The second-order valence-electron chi connectivity index (χ2n) is 6.89. The average molecular weight is 394 g/mol. The van der Waals surface area contributed by atoms with Crippen LogP contribution in [0.4, 0.5) is 11.6 Å². The van der Waals surface area contributed by atoms with E-state index in [0.717, 1.165) is 22.7 Å². The van der Waals surface area contributed by atoms with Gasteiger partial charge in [0.1, 0.15) is 5.75 Å². The van der Waals surface area contributed by atoms with Gasteiger partial charge in [0.15, 0.2) is 5.78 Å². The fourth-order valence-electron chi connectivity index (χ4n) is 3.60. The van der Waals surface area contributed by atoms with Crippen LogP contribution in [0, 0.1) is 6.92 Å². The molecule has 1 aliphatic carbocycles. The summed E-state index contributed by atoms with van der Waals surface area (Å²) in [6.45, 7) is 1.86. The highest BCUT2D eigenvalue weighted by molar-refractivity contribution is 6.30. The molecule has 0 bridgehead atoms. The predicted molar refractivity (Wildman–Crippen MR) is 110 cm³/mol. The van der Waals surface area contributed by atoms with E-state index in [4.69, 9.17) is 16.3 Å². The number of carbonyl (C=O) groups is 1. The summed E-state index contributed by atoms with van der Waals surface area (Å²) in [5.41, 5.74) is 4.12. The van der Waals surface area contributed by atoms with Gasteiger partial charge in [0.25, 0.3) is 0 Å². The van der Waals surface area contributed by atoms with Gasteiger partial charge in [-0.25, -0.2) is 9.97 Å². The first-order valence-corrected chi connectivity index (χ1v) is 9.48. The minimum absolute atomic E-state index is 0.0923. The molecule has 1 heterocycles. The molecule has 0 saturated heterocycles. The summed E-state index contributed by atoms with van der Waals surface area (Å²) in [4.78, 5) is 21.9. The van der Waals surface area contributed by atoms with E-state index in [1.807, 2.05) is 55.5 Å². The van der Waals surface area contributed by atoms with Crippen molar-refractivity contribution in [2.24, 2.45) is 0 Å². The molecular formula is C22H20ClN3O2. The summed E-state index contributed by atoms with van der Waals surface area (Å²) >= 11 is 5.99. The number of carbonyl (C=O) groups excluding carboxylic acids is 1. The first kappa shape index (κ1) is 18.4. The third-order valence-corrected chi connectivity index (χ3v) is 5.25. The Morgan fingerprint density at radius 3 is 2.43 bits per heavy atom. The topological polar surface area (TPSA) is 64.1 Å². The fourth-order valence-corrected chi connectivity index (χ4v) is 3.73. The lowest BCUT2D eigenvalue weighted by Gasteiger charge is -2.24. The SMILES string of the molecule is COc1ccc(Nc2nc(C)c3c(n2)CC(c2ccc(Cl)cc2)CC3=O)cc1. The molecule has 142 valence electrons. The van der Waals surface area contributed by atoms with Gasteiger partial charge in [-0.15, -0.1) is 0 Å². The number of aryl methyl sites for hydroxylation is 1. The lowest BCUT2D eigenvalue weighted by molar-refractivity contribution is 0.0962. The molecule has 1 aliphatic rings. The largest absolute Gasteiger partial charge is 0.497 e. The summed E-state index contributed by atoms with van der Waals surface area (Å²) < 4.78 is 5.18. The standard InChI is InChI=1S/C22H20ClN3O2/c1-13-21-19(11-15(12-20(21)27)14-3-5-16(23)6-4-14)26-22(24-13)25-17-7-9-18(28-2)10-8-17/h3-10,15H,11-12H2,1-2H3,(H,24,25,26). The summed E-state index contributed by atoms with van der Waals surface area (Å²) in [6.07, 6.45) is 1.16.